The highest BCUT2D eigenvalue weighted by Gasteiger charge is 2.37. The highest BCUT2D eigenvalue weighted by Crippen LogP contribution is 2.35. The Labute approximate surface area is 131 Å². The van der Waals surface area contributed by atoms with E-state index in [1.54, 1.807) is 0 Å². The van der Waals surface area contributed by atoms with Crippen molar-refractivity contribution in [2.45, 2.75) is 31.8 Å². The van der Waals surface area contributed by atoms with Gasteiger partial charge in [-0.15, -0.1) is 0 Å². The summed E-state index contributed by atoms with van der Waals surface area (Å²) in [4.78, 5) is 25.0. The van der Waals surface area contributed by atoms with Crippen molar-refractivity contribution in [3.05, 3.63) is 6.33 Å². The predicted molar refractivity (Wildman–Crippen MR) is 77.7 cm³/mol. The summed E-state index contributed by atoms with van der Waals surface area (Å²) in [6.45, 7) is 1.05. The number of aromatic nitrogens is 4. The second-order valence-electron chi connectivity index (χ2n) is 5.34. The summed E-state index contributed by atoms with van der Waals surface area (Å²) in [6.07, 6.45) is -0.894. The van der Waals surface area contributed by atoms with E-state index < -0.39 is 18.4 Å². The van der Waals surface area contributed by atoms with E-state index in [-0.39, 0.29) is 41.9 Å². The van der Waals surface area contributed by atoms with Crippen molar-refractivity contribution in [2.24, 2.45) is 0 Å². The monoisotopic (exact) mass is 323 g/mol. The fourth-order valence-corrected chi connectivity index (χ4v) is 2.58. The largest absolute Gasteiger partial charge is 0.480 e. The normalized spacial score (nSPS) is 24.3. The summed E-state index contributed by atoms with van der Waals surface area (Å²) in [5.41, 5.74) is 0.518. The summed E-state index contributed by atoms with van der Waals surface area (Å²) in [7, 11) is 1.54. The summed E-state index contributed by atoms with van der Waals surface area (Å²) >= 11 is 0. The molecule has 2 aromatic heterocycles. The maximum atomic E-state index is 11.5. The fraction of sp³-hybridized carbons (Fsp3) is 0.538. The Balaban J connectivity index is 2.08. The van der Waals surface area contributed by atoms with Crippen LogP contribution in [-0.4, -0.2) is 66.6 Å². The lowest BCUT2D eigenvalue weighted by Gasteiger charge is -2.15. The number of aromatic hydroxyl groups is 1. The van der Waals surface area contributed by atoms with Gasteiger partial charge in [0.1, 0.15) is 18.7 Å². The van der Waals surface area contributed by atoms with E-state index >= 15 is 0 Å². The number of hydrogen-bond donors (Lipinski definition) is 3. The standard InChI is InChI=1S/C13H17N5O5/c1-6(20)17(2)11-10-12(15-5-14-11)18(13(22)16-10)9-3-7(21)8(4-19)23-9/h5,7-9,19,21H,3-4H2,1-2H3,(H,16,22)/t7-,8+,9+/m0/s1. The molecule has 0 radical (unpaired) electrons. The average molecular weight is 323 g/mol. The number of amides is 1. The molecule has 0 bridgehead atoms. The van der Waals surface area contributed by atoms with Crippen LogP contribution in [-0.2, 0) is 9.53 Å². The molecule has 2 aromatic rings. The lowest BCUT2D eigenvalue weighted by atomic mass is 10.2. The lowest BCUT2D eigenvalue weighted by Crippen LogP contribution is -2.24. The zero-order chi connectivity index (χ0) is 16.7. The van der Waals surface area contributed by atoms with Gasteiger partial charge in [0, 0.05) is 20.4 Å². The summed E-state index contributed by atoms with van der Waals surface area (Å²) in [6, 6.07) is -0.366. The molecule has 23 heavy (non-hydrogen) atoms. The zero-order valence-corrected chi connectivity index (χ0v) is 12.6. The molecule has 3 rings (SSSR count). The molecule has 1 amide bonds. The molecule has 3 heterocycles. The SMILES string of the molecule is CC(=O)N(C)c1ncnc2c1nc(O)n2[C@H]1C[C@H](O)[C@@H](CO)O1. The van der Waals surface area contributed by atoms with Crippen LogP contribution in [0.15, 0.2) is 6.33 Å². The third-order valence-corrected chi connectivity index (χ3v) is 3.90. The van der Waals surface area contributed by atoms with Gasteiger partial charge in [-0.2, -0.15) is 4.98 Å². The number of carbonyl (C=O) groups is 1. The molecule has 0 saturated carbocycles. The van der Waals surface area contributed by atoms with Crippen molar-refractivity contribution in [3.63, 3.8) is 0 Å². The van der Waals surface area contributed by atoms with Crippen LogP contribution in [0.1, 0.15) is 19.6 Å². The van der Waals surface area contributed by atoms with Crippen LogP contribution < -0.4 is 4.90 Å². The second kappa shape index (κ2) is 5.72. The number of carbonyl (C=O) groups excluding carboxylic acids is 1. The number of imidazole rings is 1. The quantitative estimate of drug-likeness (QED) is 0.665. The van der Waals surface area contributed by atoms with Crippen LogP contribution in [0, 0.1) is 0 Å². The van der Waals surface area contributed by atoms with Gasteiger partial charge in [-0.05, 0) is 0 Å². The van der Waals surface area contributed by atoms with E-state index in [0.717, 1.165) is 0 Å². The number of rotatable bonds is 3. The van der Waals surface area contributed by atoms with Crippen molar-refractivity contribution < 1.29 is 24.9 Å². The van der Waals surface area contributed by atoms with Crippen LogP contribution in [0.3, 0.4) is 0 Å². The van der Waals surface area contributed by atoms with Gasteiger partial charge in [-0.1, -0.05) is 0 Å². The number of anilines is 1. The Kier molecular flexibility index (Phi) is 3.88. The highest BCUT2D eigenvalue weighted by atomic mass is 16.5. The molecule has 124 valence electrons. The minimum atomic E-state index is -0.858. The first-order valence-electron chi connectivity index (χ1n) is 7.04. The van der Waals surface area contributed by atoms with Gasteiger partial charge >= 0.3 is 0 Å². The van der Waals surface area contributed by atoms with E-state index in [4.69, 9.17) is 4.74 Å². The Morgan fingerprint density at radius 2 is 2.26 bits per heavy atom. The topological polar surface area (TPSA) is 134 Å². The minimum Gasteiger partial charge on any atom is -0.480 e. The van der Waals surface area contributed by atoms with Crippen molar-refractivity contribution in [1.29, 1.82) is 0 Å². The number of fused-ring (bicyclic) bond motifs is 1. The lowest BCUT2D eigenvalue weighted by molar-refractivity contribution is -0.116. The first-order chi connectivity index (χ1) is 10.9. The maximum absolute atomic E-state index is 11.5. The molecule has 10 nitrogen and oxygen atoms in total. The van der Waals surface area contributed by atoms with Crippen molar-refractivity contribution >= 4 is 22.9 Å². The number of hydrogen-bond acceptors (Lipinski definition) is 8. The highest BCUT2D eigenvalue weighted by molar-refractivity contribution is 5.97. The molecule has 1 fully saturated rings. The molecular weight excluding hydrogens is 306 g/mol. The van der Waals surface area contributed by atoms with Crippen LogP contribution >= 0.6 is 0 Å². The first-order valence-corrected chi connectivity index (χ1v) is 7.04. The Morgan fingerprint density at radius 1 is 1.52 bits per heavy atom. The zero-order valence-electron chi connectivity index (χ0n) is 12.6. The van der Waals surface area contributed by atoms with Gasteiger partial charge in [0.25, 0.3) is 6.01 Å². The molecule has 1 saturated heterocycles. The molecule has 0 aliphatic carbocycles. The number of aliphatic hydroxyl groups excluding tert-OH is 2. The molecule has 0 aromatic carbocycles. The van der Waals surface area contributed by atoms with E-state index in [2.05, 4.69) is 15.0 Å². The summed E-state index contributed by atoms with van der Waals surface area (Å²) < 4.78 is 6.84. The van der Waals surface area contributed by atoms with Crippen molar-refractivity contribution in [2.75, 3.05) is 18.6 Å². The van der Waals surface area contributed by atoms with Gasteiger partial charge in [-0.25, -0.2) is 9.97 Å². The third-order valence-electron chi connectivity index (χ3n) is 3.90. The van der Waals surface area contributed by atoms with Gasteiger partial charge < -0.3 is 20.1 Å². The Bertz CT molecular complexity index is 748. The number of nitrogens with zero attached hydrogens (tertiary/aromatic N) is 5. The van der Waals surface area contributed by atoms with E-state index in [1.165, 1.54) is 29.8 Å². The third kappa shape index (κ3) is 2.50. The first kappa shape index (κ1) is 15.6. The fourth-order valence-electron chi connectivity index (χ4n) is 2.58. The molecule has 10 heteroatoms. The predicted octanol–water partition coefficient (Wildman–Crippen LogP) is -0.845. The minimum absolute atomic E-state index is 0.173. The molecule has 3 atom stereocenters. The smallest absolute Gasteiger partial charge is 0.298 e. The van der Waals surface area contributed by atoms with Crippen molar-refractivity contribution in [1.82, 2.24) is 19.5 Å². The molecule has 1 aliphatic rings. The number of aliphatic hydroxyl groups is 2. The van der Waals surface area contributed by atoms with Gasteiger partial charge in [0.2, 0.25) is 5.91 Å². The van der Waals surface area contributed by atoms with Crippen LogP contribution in [0.25, 0.3) is 11.2 Å². The summed E-state index contributed by atoms with van der Waals surface area (Å²) in [5, 5.41) is 29.2. The van der Waals surface area contributed by atoms with E-state index in [1.807, 2.05) is 0 Å². The summed E-state index contributed by atoms with van der Waals surface area (Å²) in [5.74, 6) is 0.0146. The molecule has 0 spiro atoms. The maximum Gasteiger partial charge on any atom is 0.298 e. The van der Waals surface area contributed by atoms with E-state index in [9.17, 15) is 20.1 Å². The van der Waals surface area contributed by atoms with Gasteiger partial charge in [0.15, 0.2) is 17.0 Å². The number of ether oxygens (including phenoxy) is 1. The molecule has 1 aliphatic heterocycles. The van der Waals surface area contributed by atoms with E-state index in [0.29, 0.717) is 0 Å². The van der Waals surface area contributed by atoms with Crippen LogP contribution in [0.4, 0.5) is 5.82 Å². The Hall–Kier alpha value is -2.30. The van der Waals surface area contributed by atoms with Crippen LogP contribution in [0.5, 0.6) is 6.01 Å². The average Bonchev–Trinajstić information content (AvgIpc) is 3.04. The van der Waals surface area contributed by atoms with Gasteiger partial charge in [0.05, 0.1) is 12.7 Å². The van der Waals surface area contributed by atoms with Crippen molar-refractivity contribution in [3.8, 4) is 6.01 Å². The van der Waals surface area contributed by atoms with Gasteiger partial charge in [-0.3, -0.25) is 14.3 Å². The molecule has 3 N–H and O–H groups in total. The Morgan fingerprint density at radius 3 is 2.87 bits per heavy atom. The second-order valence-corrected chi connectivity index (χ2v) is 5.34. The molecular formula is C13H17N5O5. The van der Waals surface area contributed by atoms with Crippen LogP contribution in [0.2, 0.25) is 0 Å². The molecule has 0 unspecified atom stereocenters.